The van der Waals surface area contributed by atoms with Crippen LogP contribution in [-0.4, -0.2) is 32.6 Å². The Kier molecular flexibility index (Phi) is 6.72. The molecule has 4 bridgehead atoms. The van der Waals surface area contributed by atoms with Crippen molar-refractivity contribution in [3.63, 3.8) is 0 Å². The minimum Gasteiger partial charge on any atom is -0.333 e. The Balaban J connectivity index is 1.41. The maximum absolute atomic E-state index is 15.1. The molecule has 0 saturated heterocycles. The fourth-order valence-electron chi connectivity index (χ4n) is 7.87. The molecule has 1 heterocycles. The number of carbonyl (C=O) groups excluding carboxylic acids is 1. The molecular formula is C32H39FN4O2. The van der Waals surface area contributed by atoms with Crippen molar-refractivity contribution in [2.24, 2.45) is 23.7 Å². The van der Waals surface area contributed by atoms with Crippen molar-refractivity contribution in [2.75, 3.05) is 6.54 Å². The van der Waals surface area contributed by atoms with Gasteiger partial charge in [0, 0.05) is 12.1 Å². The van der Waals surface area contributed by atoms with Gasteiger partial charge in [-0.2, -0.15) is 0 Å². The number of rotatable bonds is 7. The molecule has 0 spiro atoms. The van der Waals surface area contributed by atoms with Gasteiger partial charge in [-0.15, -0.1) is 0 Å². The predicted octanol–water partition coefficient (Wildman–Crippen LogP) is 6.61. The molecule has 6 nitrogen and oxygen atoms in total. The van der Waals surface area contributed by atoms with E-state index in [0.717, 1.165) is 25.7 Å². The SMILES string of the molecule is CC(C)CCN(C(=O)NC12CC3CC(CC(C3)C1)C2)C(C)c1nc2ccccc2c(=O)n1-c1ccccc1F. The third kappa shape index (κ3) is 4.85. The number of urea groups is 1. The van der Waals surface area contributed by atoms with Crippen molar-refractivity contribution < 1.29 is 9.18 Å². The van der Waals surface area contributed by atoms with E-state index in [0.29, 0.717) is 46.9 Å². The smallest absolute Gasteiger partial charge is 0.318 e. The van der Waals surface area contributed by atoms with Crippen molar-refractivity contribution in [3.05, 3.63) is 70.5 Å². The molecule has 0 aliphatic heterocycles. The van der Waals surface area contributed by atoms with Crippen LogP contribution in [0.4, 0.5) is 9.18 Å². The molecular weight excluding hydrogens is 491 g/mol. The van der Waals surface area contributed by atoms with Crippen molar-refractivity contribution in [1.29, 1.82) is 0 Å². The Hall–Kier alpha value is -3.22. The maximum Gasteiger partial charge on any atom is 0.318 e. The number of carbonyl (C=O) groups is 1. The zero-order chi connectivity index (χ0) is 27.3. The lowest BCUT2D eigenvalue weighted by Crippen LogP contribution is -2.62. The van der Waals surface area contributed by atoms with Crippen molar-refractivity contribution >= 4 is 16.9 Å². The number of nitrogens with zero attached hydrogens (tertiary/aromatic N) is 3. The van der Waals surface area contributed by atoms with E-state index in [1.165, 1.54) is 29.9 Å². The second-order valence-corrected chi connectivity index (χ2v) is 12.8. The largest absolute Gasteiger partial charge is 0.333 e. The third-order valence-electron chi connectivity index (χ3n) is 9.35. The highest BCUT2D eigenvalue weighted by Crippen LogP contribution is 2.55. The van der Waals surface area contributed by atoms with E-state index in [9.17, 15) is 9.59 Å². The normalized spacial score (nSPS) is 26.2. The lowest BCUT2D eigenvalue weighted by Gasteiger charge is -2.57. The average Bonchev–Trinajstić information content (AvgIpc) is 2.88. The molecule has 1 unspecified atom stereocenters. The first kappa shape index (κ1) is 26.0. The molecule has 1 aromatic heterocycles. The zero-order valence-corrected chi connectivity index (χ0v) is 23.2. The van der Waals surface area contributed by atoms with Gasteiger partial charge in [-0.1, -0.05) is 38.1 Å². The summed E-state index contributed by atoms with van der Waals surface area (Å²) in [5.74, 6) is 2.40. The van der Waals surface area contributed by atoms with Crippen LogP contribution in [0.15, 0.2) is 53.3 Å². The van der Waals surface area contributed by atoms with E-state index in [1.807, 2.05) is 17.9 Å². The number of halogens is 1. The molecule has 3 aromatic rings. The Morgan fingerprint density at radius 1 is 1.03 bits per heavy atom. The third-order valence-corrected chi connectivity index (χ3v) is 9.35. The maximum atomic E-state index is 15.1. The summed E-state index contributed by atoms with van der Waals surface area (Å²) >= 11 is 0. The molecule has 39 heavy (non-hydrogen) atoms. The van der Waals surface area contributed by atoms with E-state index < -0.39 is 11.9 Å². The van der Waals surface area contributed by atoms with Crippen molar-refractivity contribution in [1.82, 2.24) is 19.8 Å². The van der Waals surface area contributed by atoms with Crippen LogP contribution in [0.1, 0.15) is 77.6 Å². The fourth-order valence-corrected chi connectivity index (χ4v) is 7.87. The minimum absolute atomic E-state index is 0.104. The highest BCUT2D eigenvalue weighted by atomic mass is 19.1. The van der Waals surface area contributed by atoms with Crippen LogP contribution >= 0.6 is 0 Å². The molecule has 4 aliphatic carbocycles. The van der Waals surface area contributed by atoms with E-state index in [2.05, 4.69) is 19.2 Å². The average molecular weight is 531 g/mol. The molecule has 206 valence electrons. The highest BCUT2D eigenvalue weighted by Gasteiger charge is 2.52. The van der Waals surface area contributed by atoms with Crippen LogP contribution in [0.3, 0.4) is 0 Å². The number of fused-ring (bicyclic) bond motifs is 1. The number of hydrogen-bond acceptors (Lipinski definition) is 3. The number of amides is 2. The molecule has 2 amide bonds. The van der Waals surface area contributed by atoms with Gasteiger partial charge in [0.1, 0.15) is 11.6 Å². The Morgan fingerprint density at radius 3 is 2.28 bits per heavy atom. The lowest BCUT2D eigenvalue weighted by molar-refractivity contribution is -0.0164. The highest BCUT2D eigenvalue weighted by molar-refractivity contribution is 5.78. The first-order valence-corrected chi connectivity index (χ1v) is 14.6. The van der Waals surface area contributed by atoms with E-state index >= 15 is 4.39 Å². The Morgan fingerprint density at radius 2 is 1.64 bits per heavy atom. The van der Waals surface area contributed by atoms with Crippen LogP contribution in [0.2, 0.25) is 0 Å². The summed E-state index contributed by atoms with van der Waals surface area (Å²) in [5.41, 5.74) is 0.219. The second-order valence-electron chi connectivity index (χ2n) is 12.8. The van der Waals surface area contributed by atoms with Gasteiger partial charge in [0.25, 0.3) is 5.56 Å². The van der Waals surface area contributed by atoms with Gasteiger partial charge < -0.3 is 10.2 Å². The summed E-state index contributed by atoms with van der Waals surface area (Å²) in [4.78, 5) is 34.7. The monoisotopic (exact) mass is 530 g/mol. The molecule has 4 saturated carbocycles. The van der Waals surface area contributed by atoms with Crippen LogP contribution in [0.5, 0.6) is 0 Å². The first-order chi connectivity index (χ1) is 18.7. The summed E-state index contributed by atoms with van der Waals surface area (Å²) in [7, 11) is 0. The number of benzene rings is 2. The summed E-state index contributed by atoms with van der Waals surface area (Å²) in [6, 6.07) is 12.8. The van der Waals surface area contributed by atoms with Crippen LogP contribution in [-0.2, 0) is 0 Å². The van der Waals surface area contributed by atoms with E-state index in [4.69, 9.17) is 4.98 Å². The molecule has 7 heteroatoms. The summed E-state index contributed by atoms with van der Waals surface area (Å²) in [6.45, 7) is 6.72. The molecule has 4 aliphatic rings. The number of aromatic nitrogens is 2. The molecule has 4 fully saturated rings. The standard InChI is InChI=1S/C32H39FN4O2/c1-20(2)12-13-36(31(39)35-32-17-22-14-23(18-32)16-24(15-22)19-32)21(3)29-34-27-10-6-4-8-25(27)30(38)37(29)28-11-7-5-9-26(28)33/h4-11,20-24H,12-19H2,1-3H3,(H,35,39). The fraction of sp³-hybridized carbons (Fsp3) is 0.531. The predicted molar refractivity (Wildman–Crippen MR) is 151 cm³/mol. The van der Waals surface area contributed by atoms with Crippen LogP contribution in [0, 0.1) is 29.5 Å². The number of para-hydroxylation sites is 2. The summed E-state index contributed by atoms with van der Waals surface area (Å²) in [5, 5.41) is 3.94. The summed E-state index contributed by atoms with van der Waals surface area (Å²) < 4.78 is 16.5. The van der Waals surface area contributed by atoms with E-state index in [-0.39, 0.29) is 22.8 Å². The molecule has 1 N–H and O–H groups in total. The second kappa shape index (κ2) is 10.1. The first-order valence-electron chi connectivity index (χ1n) is 14.6. The van der Waals surface area contributed by atoms with Crippen LogP contribution in [0.25, 0.3) is 16.6 Å². The van der Waals surface area contributed by atoms with Gasteiger partial charge in [-0.05, 0) is 99.8 Å². The number of nitrogens with one attached hydrogen (secondary N) is 1. The topological polar surface area (TPSA) is 67.2 Å². The number of hydrogen-bond donors (Lipinski definition) is 1. The van der Waals surface area contributed by atoms with Crippen LogP contribution < -0.4 is 10.9 Å². The zero-order valence-electron chi connectivity index (χ0n) is 23.2. The van der Waals surface area contributed by atoms with E-state index in [1.54, 1.807) is 36.4 Å². The van der Waals surface area contributed by atoms with Gasteiger partial charge in [0.05, 0.1) is 22.6 Å². The quantitative estimate of drug-likeness (QED) is 0.374. The van der Waals surface area contributed by atoms with Gasteiger partial charge in [-0.25, -0.2) is 14.2 Å². The van der Waals surface area contributed by atoms with Crippen molar-refractivity contribution in [3.8, 4) is 5.69 Å². The van der Waals surface area contributed by atoms with Gasteiger partial charge in [0.15, 0.2) is 0 Å². The molecule has 0 radical (unpaired) electrons. The Labute approximate surface area is 229 Å². The van der Waals surface area contributed by atoms with Gasteiger partial charge >= 0.3 is 6.03 Å². The van der Waals surface area contributed by atoms with Crippen molar-refractivity contribution in [2.45, 2.75) is 77.3 Å². The molecule has 7 rings (SSSR count). The lowest BCUT2D eigenvalue weighted by atomic mass is 9.53. The summed E-state index contributed by atoms with van der Waals surface area (Å²) in [6.07, 6.45) is 7.91. The Bertz CT molecular complexity index is 1410. The van der Waals surface area contributed by atoms with Gasteiger partial charge in [-0.3, -0.25) is 9.36 Å². The molecule has 2 aromatic carbocycles. The minimum atomic E-state index is -0.547. The van der Waals surface area contributed by atoms with Gasteiger partial charge in [0.2, 0.25) is 0 Å². The molecule has 1 atom stereocenters.